The number of ether oxygens (including phenoxy) is 1. The van der Waals surface area contributed by atoms with Gasteiger partial charge in [0.05, 0.1) is 17.4 Å². The molecule has 0 amide bonds. The largest absolute Gasteiger partial charge is 0.456 e. The minimum Gasteiger partial charge on any atom is -0.456 e. The fourth-order valence-electron chi connectivity index (χ4n) is 1.98. The van der Waals surface area contributed by atoms with E-state index in [9.17, 15) is 9.90 Å². The molecule has 21 heavy (non-hydrogen) atoms. The SMILES string of the molecule is C#C[C@@H](C[C@H](O)CC(C)C)[C@H](/C=C/C)OC(=O)C(C)(C)C. The van der Waals surface area contributed by atoms with Crippen LogP contribution in [0.3, 0.4) is 0 Å². The van der Waals surface area contributed by atoms with Crippen LogP contribution in [0.4, 0.5) is 0 Å². The molecule has 0 fully saturated rings. The van der Waals surface area contributed by atoms with Crippen LogP contribution < -0.4 is 0 Å². The van der Waals surface area contributed by atoms with Crippen LogP contribution in [-0.2, 0) is 9.53 Å². The molecule has 0 saturated carbocycles. The van der Waals surface area contributed by atoms with Crippen molar-refractivity contribution in [1.82, 2.24) is 0 Å². The number of rotatable bonds is 7. The van der Waals surface area contributed by atoms with Crippen molar-refractivity contribution < 1.29 is 14.6 Å². The highest BCUT2D eigenvalue weighted by atomic mass is 16.5. The van der Waals surface area contributed by atoms with Gasteiger partial charge >= 0.3 is 5.97 Å². The van der Waals surface area contributed by atoms with Crippen molar-refractivity contribution in [2.45, 2.75) is 66.6 Å². The Balaban J connectivity index is 4.90. The van der Waals surface area contributed by atoms with E-state index in [1.165, 1.54) is 0 Å². The van der Waals surface area contributed by atoms with Crippen molar-refractivity contribution in [1.29, 1.82) is 0 Å². The number of aliphatic hydroxyl groups excluding tert-OH is 1. The van der Waals surface area contributed by atoms with Gasteiger partial charge in [-0.2, -0.15) is 0 Å². The van der Waals surface area contributed by atoms with Gasteiger partial charge in [-0.15, -0.1) is 6.42 Å². The molecule has 0 unspecified atom stereocenters. The number of esters is 1. The highest BCUT2D eigenvalue weighted by Gasteiger charge is 2.29. The summed E-state index contributed by atoms with van der Waals surface area (Å²) in [4.78, 5) is 12.0. The van der Waals surface area contributed by atoms with E-state index in [1.54, 1.807) is 26.8 Å². The molecule has 0 saturated heterocycles. The van der Waals surface area contributed by atoms with E-state index < -0.39 is 17.6 Å². The Morgan fingerprint density at radius 2 is 1.90 bits per heavy atom. The van der Waals surface area contributed by atoms with E-state index in [4.69, 9.17) is 11.2 Å². The minimum atomic E-state index is -0.574. The number of terminal acetylenes is 1. The van der Waals surface area contributed by atoms with Crippen molar-refractivity contribution in [2.24, 2.45) is 17.3 Å². The van der Waals surface area contributed by atoms with Gasteiger partial charge in [0.1, 0.15) is 6.10 Å². The van der Waals surface area contributed by atoms with E-state index in [0.29, 0.717) is 18.8 Å². The molecule has 0 radical (unpaired) electrons. The molecule has 0 aliphatic rings. The number of hydrogen-bond acceptors (Lipinski definition) is 3. The van der Waals surface area contributed by atoms with Gasteiger partial charge < -0.3 is 9.84 Å². The topological polar surface area (TPSA) is 46.5 Å². The van der Waals surface area contributed by atoms with E-state index in [2.05, 4.69) is 19.8 Å². The molecular formula is C18H30O3. The zero-order valence-corrected chi connectivity index (χ0v) is 14.2. The Hall–Kier alpha value is -1.27. The summed E-state index contributed by atoms with van der Waals surface area (Å²) in [6.07, 6.45) is 9.34. The first-order valence-electron chi connectivity index (χ1n) is 7.59. The van der Waals surface area contributed by atoms with Gasteiger partial charge in [-0.05, 0) is 52.5 Å². The normalized spacial score (nSPS) is 16.5. The Kier molecular flexibility index (Phi) is 8.36. The predicted molar refractivity (Wildman–Crippen MR) is 86.6 cm³/mol. The van der Waals surface area contributed by atoms with E-state index in [-0.39, 0.29) is 11.9 Å². The molecule has 3 heteroatoms. The minimum absolute atomic E-state index is 0.288. The quantitative estimate of drug-likeness (QED) is 0.443. The summed E-state index contributed by atoms with van der Waals surface area (Å²) in [6, 6.07) is 0. The first kappa shape index (κ1) is 19.7. The van der Waals surface area contributed by atoms with E-state index in [1.807, 2.05) is 13.0 Å². The van der Waals surface area contributed by atoms with Gasteiger partial charge in [-0.25, -0.2) is 0 Å². The fraction of sp³-hybridized carbons (Fsp3) is 0.722. The van der Waals surface area contributed by atoms with Crippen LogP contribution in [0.25, 0.3) is 0 Å². The second kappa shape index (κ2) is 8.89. The molecule has 120 valence electrons. The van der Waals surface area contributed by atoms with Gasteiger partial charge in [-0.3, -0.25) is 4.79 Å². The molecule has 3 nitrogen and oxygen atoms in total. The third kappa shape index (κ3) is 7.92. The highest BCUT2D eigenvalue weighted by Crippen LogP contribution is 2.23. The van der Waals surface area contributed by atoms with Gasteiger partial charge in [0.2, 0.25) is 0 Å². The van der Waals surface area contributed by atoms with Crippen LogP contribution in [0.2, 0.25) is 0 Å². The van der Waals surface area contributed by atoms with Crippen molar-refractivity contribution in [3.8, 4) is 12.3 Å². The summed E-state index contributed by atoms with van der Waals surface area (Å²) < 4.78 is 5.53. The zero-order chi connectivity index (χ0) is 16.6. The summed E-state index contributed by atoms with van der Waals surface area (Å²) in [5.74, 6) is 2.45. The Bertz CT molecular complexity index is 382. The van der Waals surface area contributed by atoms with Crippen LogP contribution in [0.15, 0.2) is 12.2 Å². The summed E-state index contributed by atoms with van der Waals surface area (Å²) in [5, 5.41) is 10.1. The Morgan fingerprint density at radius 3 is 2.29 bits per heavy atom. The lowest BCUT2D eigenvalue weighted by molar-refractivity contribution is -0.158. The van der Waals surface area contributed by atoms with Gasteiger partial charge in [-0.1, -0.05) is 25.8 Å². The molecule has 0 aliphatic heterocycles. The van der Waals surface area contributed by atoms with Crippen LogP contribution in [0.5, 0.6) is 0 Å². The number of carbonyl (C=O) groups is 1. The summed E-state index contributed by atoms with van der Waals surface area (Å²) in [7, 11) is 0. The first-order chi connectivity index (χ1) is 9.61. The molecule has 3 atom stereocenters. The maximum atomic E-state index is 12.0. The van der Waals surface area contributed by atoms with Crippen LogP contribution >= 0.6 is 0 Å². The van der Waals surface area contributed by atoms with Crippen molar-refractivity contribution in [2.75, 3.05) is 0 Å². The van der Waals surface area contributed by atoms with Crippen LogP contribution in [0, 0.1) is 29.6 Å². The molecule has 0 rings (SSSR count). The second-order valence-electron chi connectivity index (χ2n) is 6.94. The number of aliphatic hydroxyl groups is 1. The molecule has 0 bridgehead atoms. The lowest BCUT2D eigenvalue weighted by Gasteiger charge is -2.26. The van der Waals surface area contributed by atoms with Gasteiger partial charge in [0.25, 0.3) is 0 Å². The van der Waals surface area contributed by atoms with Crippen molar-refractivity contribution in [3.63, 3.8) is 0 Å². The number of allylic oxidation sites excluding steroid dienone is 1. The van der Waals surface area contributed by atoms with Crippen molar-refractivity contribution >= 4 is 5.97 Å². The summed E-state index contributed by atoms with van der Waals surface area (Å²) in [5.41, 5.74) is -0.574. The Labute approximate surface area is 129 Å². The molecule has 0 aliphatic carbocycles. The Morgan fingerprint density at radius 1 is 1.33 bits per heavy atom. The number of carbonyl (C=O) groups excluding carboxylic acids is 1. The third-order valence-corrected chi connectivity index (χ3v) is 3.12. The smallest absolute Gasteiger partial charge is 0.311 e. The first-order valence-corrected chi connectivity index (χ1v) is 7.59. The molecule has 0 aromatic rings. The molecule has 1 N–H and O–H groups in total. The molecule has 0 heterocycles. The molecule has 0 aromatic heterocycles. The van der Waals surface area contributed by atoms with Gasteiger partial charge in [0.15, 0.2) is 0 Å². The van der Waals surface area contributed by atoms with Gasteiger partial charge in [0, 0.05) is 0 Å². The fourth-order valence-corrected chi connectivity index (χ4v) is 1.98. The van der Waals surface area contributed by atoms with E-state index >= 15 is 0 Å². The lowest BCUT2D eigenvalue weighted by atomic mass is 9.91. The maximum absolute atomic E-state index is 12.0. The van der Waals surface area contributed by atoms with Crippen LogP contribution in [-0.4, -0.2) is 23.3 Å². The monoisotopic (exact) mass is 294 g/mol. The van der Waals surface area contributed by atoms with E-state index in [0.717, 1.165) is 0 Å². The van der Waals surface area contributed by atoms with Crippen molar-refractivity contribution in [3.05, 3.63) is 12.2 Å². The molecule has 0 spiro atoms. The average Bonchev–Trinajstić information content (AvgIpc) is 2.33. The predicted octanol–water partition coefficient (Wildman–Crippen LogP) is 3.57. The zero-order valence-electron chi connectivity index (χ0n) is 14.2. The highest BCUT2D eigenvalue weighted by molar-refractivity contribution is 5.75. The third-order valence-electron chi connectivity index (χ3n) is 3.12. The lowest BCUT2D eigenvalue weighted by Crippen LogP contribution is -2.32. The second-order valence-corrected chi connectivity index (χ2v) is 6.94. The van der Waals surface area contributed by atoms with Crippen LogP contribution in [0.1, 0.15) is 54.4 Å². The summed E-state index contributed by atoms with van der Waals surface area (Å²) in [6.45, 7) is 11.4. The summed E-state index contributed by atoms with van der Waals surface area (Å²) >= 11 is 0. The standard InChI is InChI=1S/C18H30O3/c1-8-10-16(21-17(20)18(5,6)7)14(9-2)12-15(19)11-13(3)4/h2,8,10,13-16,19H,11-12H2,1,3-7H3/b10-8+/t14-,15+,16-/m0/s1. The molecular weight excluding hydrogens is 264 g/mol. The maximum Gasteiger partial charge on any atom is 0.311 e. The molecule has 0 aromatic carbocycles. The average molecular weight is 294 g/mol. The number of hydrogen-bond donors (Lipinski definition) is 1.